The van der Waals surface area contributed by atoms with E-state index >= 15 is 0 Å². The minimum Gasteiger partial charge on any atom is -0.478 e. The Morgan fingerprint density at radius 2 is 2.07 bits per heavy atom. The van der Waals surface area contributed by atoms with Gasteiger partial charge in [0.1, 0.15) is 5.15 Å². The first-order valence-corrected chi connectivity index (χ1v) is 4.67. The molecule has 15 heavy (non-hydrogen) atoms. The van der Waals surface area contributed by atoms with Crippen molar-refractivity contribution < 1.29 is 17.9 Å². The number of halogens is 4. The van der Waals surface area contributed by atoms with Crippen LogP contribution in [0.1, 0.15) is 12.8 Å². The van der Waals surface area contributed by atoms with E-state index in [4.69, 9.17) is 16.3 Å². The molecule has 84 valence electrons. The lowest BCUT2D eigenvalue weighted by Crippen LogP contribution is -2.10. The number of hydrogen-bond donors (Lipinski definition) is 0. The van der Waals surface area contributed by atoms with Crippen LogP contribution in [0, 0.1) is 0 Å². The van der Waals surface area contributed by atoms with Crippen molar-refractivity contribution in [1.82, 2.24) is 4.98 Å². The predicted octanol–water partition coefficient (Wildman–Crippen LogP) is 3.46. The highest BCUT2D eigenvalue weighted by atomic mass is 35.5. The molecular formula is C9H9ClF3NO. The van der Waals surface area contributed by atoms with Gasteiger partial charge in [0, 0.05) is 12.5 Å². The minimum absolute atomic E-state index is 0.0210. The van der Waals surface area contributed by atoms with E-state index in [-0.39, 0.29) is 24.1 Å². The highest BCUT2D eigenvalue weighted by molar-refractivity contribution is 6.29. The maximum absolute atomic E-state index is 11.8. The van der Waals surface area contributed by atoms with E-state index in [0.29, 0.717) is 0 Å². The molecule has 0 amide bonds. The van der Waals surface area contributed by atoms with Crippen LogP contribution in [0.4, 0.5) is 13.2 Å². The molecule has 0 fully saturated rings. The summed E-state index contributed by atoms with van der Waals surface area (Å²) in [5, 5.41) is 0.253. The summed E-state index contributed by atoms with van der Waals surface area (Å²) in [5.41, 5.74) is 0. The third-order valence-electron chi connectivity index (χ3n) is 1.54. The van der Waals surface area contributed by atoms with Crippen LogP contribution in [0.25, 0.3) is 0 Å². The summed E-state index contributed by atoms with van der Waals surface area (Å²) < 4.78 is 40.2. The Morgan fingerprint density at radius 1 is 1.33 bits per heavy atom. The summed E-state index contributed by atoms with van der Waals surface area (Å²) in [6.07, 6.45) is -5.07. The molecular weight excluding hydrogens is 231 g/mol. The molecule has 0 aliphatic carbocycles. The first kappa shape index (κ1) is 12.1. The maximum Gasteiger partial charge on any atom is 0.389 e. The van der Waals surface area contributed by atoms with E-state index in [1.165, 1.54) is 0 Å². The number of nitrogens with zero attached hydrogens (tertiary/aromatic N) is 1. The van der Waals surface area contributed by atoms with Crippen molar-refractivity contribution in [3.63, 3.8) is 0 Å². The molecule has 0 aromatic carbocycles. The van der Waals surface area contributed by atoms with E-state index in [9.17, 15) is 13.2 Å². The van der Waals surface area contributed by atoms with Crippen molar-refractivity contribution in [1.29, 1.82) is 0 Å². The summed E-state index contributed by atoms with van der Waals surface area (Å²) in [6, 6.07) is 4.72. The van der Waals surface area contributed by atoms with E-state index in [2.05, 4.69) is 4.98 Å². The van der Waals surface area contributed by atoms with Crippen LogP contribution in [0.3, 0.4) is 0 Å². The first-order chi connectivity index (χ1) is 6.97. The standard InChI is InChI=1S/C9H9ClF3NO/c10-7-3-1-4-8(14-7)15-6-2-5-9(11,12)13/h1,3-4H,2,5-6H2. The molecule has 0 spiro atoms. The molecule has 0 bridgehead atoms. The lowest BCUT2D eigenvalue weighted by Gasteiger charge is -2.07. The number of ether oxygens (including phenoxy) is 1. The molecule has 1 aromatic heterocycles. The Balaban J connectivity index is 2.26. The van der Waals surface area contributed by atoms with E-state index in [1.54, 1.807) is 18.2 Å². The largest absolute Gasteiger partial charge is 0.478 e. The molecule has 1 aromatic rings. The van der Waals surface area contributed by atoms with Gasteiger partial charge in [-0.05, 0) is 12.5 Å². The van der Waals surface area contributed by atoms with Crippen LogP contribution in [0.15, 0.2) is 18.2 Å². The van der Waals surface area contributed by atoms with Crippen molar-refractivity contribution in [3.05, 3.63) is 23.4 Å². The third-order valence-corrected chi connectivity index (χ3v) is 1.75. The highest BCUT2D eigenvalue weighted by Crippen LogP contribution is 2.21. The molecule has 6 heteroatoms. The average molecular weight is 240 g/mol. The van der Waals surface area contributed by atoms with Gasteiger partial charge in [0.2, 0.25) is 5.88 Å². The van der Waals surface area contributed by atoms with Crippen LogP contribution in [0.2, 0.25) is 5.15 Å². The minimum atomic E-state index is -4.13. The second kappa shape index (κ2) is 5.21. The monoisotopic (exact) mass is 239 g/mol. The normalized spacial score (nSPS) is 11.5. The van der Waals surface area contributed by atoms with Crippen LogP contribution in [-0.2, 0) is 0 Å². The van der Waals surface area contributed by atoms with Gasteiger partial charge in [-0.15, -0.1) is 0 Å². The van der Waals surface area contributed by atoms with E-state index in [0.717, 1.165) is 0 Å². The van der Waals surface area contributed by atoms with Crippen molar-refractivity contribution in [2.45, 2.75) is 19.0 Å². The Morgan fingerprint density at radius 3 is 2.67 bits per heavy atom. The first-order valence-electron chi connectivity index (χ1n) is 4.29. The Bertz CT molecular complexity index is 316. The van der Waals surface area contributed by atoms with Crippen molar-refractivity contribution in [2.24, 2.45) is 0 Å². The molecule has 1 rings (SSSR count). The second-order valence-corrected chi connectivity index (χ2v) is 3.25. The lowest BCUT2D eigenvalue weighted by molar-refractivity contribution is -0.136. The van der Waals surface area contributed by atoms with Crippen molar-refractivity contribution >= 4 is 11.6 Å². The van der Waals surface area contributed by atoms with Gasteiger partial charge in [-0.1, -0.05) is 17.7 Å². The average Bonchev–Trinajstić information content (AvgIpc) is 2.11. The molecule has 0 atom stereocenters. The quantitative estimate of drug-likeness (QED) is 0.593. The van der Waals surface area contributed by atoms with Crippen LogP contribution in [0.5, 0.6) is 5.88 Å². The number of pyridine rings is 1. The van der Waals surface area contributed by atoms with Gasteiger partial charge in [-0.3, -0.25) is 0 Å². The van der Waals surface area contributed by atoms with Crippen molar-refractivity contribution in [2.75, 3.05) is 6.61 Å². The zero-order valence-corrected chi connectivity index (χ0v) is 8.48. The number of hydrogen-bond acceptors (Lipinski definition) is 2. The zero-order valence-electron chi connectivity index (χ0n) is 7.72. The summed E-state index contributed by atoms with van der Waals surface area (Å²) in [4.78, 5) is 3.77. The van der Waals surface area contributed by atoms with Gasteiger partial charge in [-0.2, -0.15) is 13.2 Å². The molecule has 0 aliphatic rings. The number of alkyl halides is 3. The molecule has 0 aliphatic heterocycles. The van der Waals surface area contributed by atoms with Gasteiger partial charge in [0.15, 0.2) is 0 Å². The second-order valence-electron chi connectivity index (χ2n) is 2.87. The zero-order chi connectivity index (χ0) is 11.3. The fourth-order valence-electron chi connectivity index (χ4n) is 0.919. The van der Waals surface area contributed by atoms with E-state index in [1.807, 2.05) is 0 Å². The van der Waals surface area contributed by atoms with Gasteiger partial charge in [0.25, 0.3) is 0 Å². The number of aromatic nitrogens is 1. The molecule has 0 radical (unpaired) electrons. The molecule has 2 nitrogen and oxygen atoms in total. The van der Waals surface area contributed by atoms with Crippen molar-refractivity contribution in [3.8, 4) is 5.88 Å². The number of rotatable bonds is 4. The van der Waals surface area contributed by atoms with Crippen LogP contribution in [-0.4, -0.2) is 17.8 Å². The third kappa shape index (κ3) is 5.47. The summed E-state index contributed by atoms with van der Waals surface area (Å²) in [7, 11) is 0. The summed E-state index contributed by atoms with van der Waals surface area (Å²) in [5.74, 6) is 0.240. The topological polar surface area (TPSA) is 22.1 Å². The molecule has 0 saturated heterocycles. The van der Waals surface area contributed by atoms with Crippen LogP contribution < -0.4 is 4.74 Å². The van der Waals surface area contributed by atoms with E-state index < -0.39 is 12.6 Å². The maximum atomic E-state index is 11.8. The highest BCUT2D eigenvalue weighted by Gasteiger charge is 2.26. The smallest absolute Gasteiger partial charge is 0.389 e. The molecule has 1 heterocycles. The van der Waals surface area contributed by atoms with Gasteiger partial charge in [-0.25, -0.2) is 4.98 Å². The van der Waals surface area contributed by atoms with Gasteiger partial charge in [0.05, 0.1) is 6.61 Å². The van der Waals surface area contributed by atoms with Crippen LogP contribution >= 0.6 is 11.6 Å². The molecule has 0 unspecified atom stereocenters. The lowest BCUT2D eigenvalue weighted by atomic mass is 10.3. The molecule has 0 N–H and O–H groups in total. The summed E-state index contributed by atoms with van der Waals surface area (Å²) >= 11 is 5.56. The SMILES string of the molecule is FC(F)(F)CCCOc1cccc(Cl)n1. The van der Waals surface area contributed by atoms with Gasteiger partial charge >= 0.3 is 6.18 Å². The fraction of sp³-hybridized carbons (Fsp3) is 0.444. The Kier molecular flexibility index (Phi) is 4.20. The van der Waals surface area contributed by atoms with Gasteiger partial charge < -0.3 is 4.74 Å². The fourth-order valence-corrected chi connectivity index (χ4v) is 1.08. The molecule has 0 saturated carbocycles. The summed E-state index contributed by atoms with van der Waals surface area (Å²) in [6.45, 7) is -0.0210. The Labute approximate surface area is 90.0 Å². The predicted molar refractivity (Wildman–Crippen MR) is 50.0 cm³/mol. The Hall–Kier alpha value is -0.970.